The third-order valence-corrected chi connectivity index (χ3v) is 6.11. The minimum Gasteiger partial charge on any atom is -0.423 e. The molecule has 2 aromatic rings. The monoisotopic (exact) mass is 498 g/mol. The molecule has 0 radical (unpaired) electrons. The Balaban J connectivity index is 1.99. The summed E-state index contributed by atoms with van der Waals surface area (Å²) in [7, 11) is 0. The molecule has 3 rings (SSSR count). The van der Waals surface area contributed by atoms with Gasteiger partial charge in [0.15, 0.2) is 0 Å². The van der Waals surface area contributed by atoms with Gasteiger partial charge in [0.2, 0.25) is 0 Å². The summed E-state index contributed by atoms with van der Waals surface area (Å²) in [4.78, 5) is 23.7. The van der Waals surface area contributed by atoms with E-state index in [9.17, 15) is 35.9 Å². The van der Waals surface area contributed by atoms with Crippen molar-refractivity contribution in [1.29, 1.82) is 0 Å². The van der Waals surface area contributed by atoms with Crippen LogP contribution in [0, 0.1) is 0 Å². The summed E-state index contributed by atoms with van der Waals surface area (Å²) in [6, 6.07) is 8.76. The smallest absolute Gasteiger partial charge is 0.422 e. The summed E-state index contributed by atoms with van der Waals surface area (Å²) in [5.74, 6) is -3.51. The molecule has 0 aliphatic heterocycles. The molecule has 0 atom stereocenters. The molecule has 0 aromatic heterocycles. The van der Waals surface area contributed by atoms with Gasteiger partial charge in [-0.15, -0.1) is 0 Å². The topological polar surface area (TPSA) is 52.6 Å². The van der Waals surface area contributed by atoms with E-state index < -0.39 is 40.9 Å². The van der Waals surface area contributed by atoms with Gasteiger partial charge in [0, 0.05) is 5.41 Å². The SMILES string of the molecule is C=C(C(=O)Oc1ccc2c(c1)C(CC)(CC)c1cc(OC(=O)C(=C)C(F)(F)F)ccc1-2)C(F)(F)F. The molecule has 2 aromatic carbocycles. The van der Waals surface area contributed by atoms with E-state index in [0.29, 0.717) is 35.1 Å². The Bertz CT molecular complexity index is 1130. The fourth-order valence-electron chi connectivity index (χ4n) is 4.16. The number of hydrogen-bond acceptors (Lipinski definition) is 4. The Hall–Kier alpha value is -3.56. The number of esters is 2. The third kappa shape index (κ3) is 4.69. The molecule has 0 unspecified atom stereocenters. The minimum atomic E-state index is -4.94. The summed E-state index contributed by atoms with van der Waals surface area (Å²) in [6.45, 7) is 9.18. The molecular formula is C25H20F6O4. The van der Waals surface area contributed by atoms with Crippen LogP contribution in [0.1, 0.15) is 37.8 Å². The first kappa shape index (κ1) is 26.1. The highest BCUT2D eigenvalue weighted by Gasteiger charge is 2.43. The molecule has 0 N–H and O–H groups in total. The van der Waals surface area contributed by atoms with Crippen LogP contribution in [0.4, 0.5) is 26.3 Å². The lowest BCUT2D eigenvalue weighted by molar-refractivity contribution is -0.143. The van der Waals surface area contributed by atoms with Gasteiger partial charge in [0.05, 0.1) is 0 Å². The standard InChI is InChI=1S/C25H20F6O4/c1-5-23(6-2)19-11-15(34-21(32)13(3)24(26,27)28)7-9-17(19)18-10-8-16(12-20(18)23)35-22(33)14(4)25(29,30)31/h7-12H,3-6H2,1-2H3. The maximum Gasteiger partial charge on any atom is 0.422 e. The first-order chi connectivity index (χ1) is 16.2. The van der Waals surface area contributed by atoms with Crippen molar-refractivity contribution >= 4 is 11.9 Å². The maximum atomic E-state index is 12.8. The molecule has 1 aliphatic carbocycles. The predicted octanol–water partition coefficient (Wildman–Crippen LogP) is 6.82. The van der Waals surface area contributed by atoms with E-state index in [1.807, 2.05) is 13.8 Å². The van der Waals surface area contributed by atoms with E-state index in [1.54, 1.807) is 12.1 Å². The second-order valence-corrected chi connectivity index (χ2v) is 7.94. The van der Waals surface area contributed by atoms with Gasteiger partial charge in [-0.25, -0.2) is 9.59 Å². The molecule has 0 saturated heterocycles. The Morgan fingerprint density at radius 2 is 1.09 bits per heavy atom. The number of benzene rings is 2. The largest absolute Gasteiger partial charge is 0.423 e. The van der Waals surface area contributed by atoms with Gasteiger partial charge in [-0.05, 0) is 59.4 Å². The van der Waals surface area contributed by atoms with Crippen LogP contribution in [0.5, 0.6) is 11.5 Å². The van der Waals surface area contributed by atoms with Gasteiger partial charge >= 0.3 is 24.3 Å². The van der Waals surface area contributed by atoms with Crippen molar-refractivity contribution in [2.45, 2.75) is 44.5 Å². The van der Waals surface area contributed by atoms with E-state index in [0.717, 1.165) is 0 Å². The van der Waals surface area contributed by atoms with E-state index in [2.05, 4.69) is 13.2 Å². The number of alkyl halides is 6. The van der Waals surface area contributed by atoms with E-state index in [1.165, 1.54) is 24.3 Å². The van der Waals surface area contributed by atoms with Gasteiger partial charge in [0.25, 0.3) is 0 Å². The zero-order valence-corrected chi connectivity index (χ0v) is 18.7. The summed E-state index contributed by atoms with van der Waals surface area (Å²) in [5, 5.41) is 0. The van der Waals surface area contributed by atoms with Crippen molar-refractivity contribution in [1.82, 2.24) is 0 Å². The van der Waals surface area contributed by atoms with Crippen LogP contribution in [0.3, 0.4) is 0 Å². The summed E-state index contributed by atoms with van der Waals surface area (Å²) >= 11 is 0. The summed E-state index contributed by atoms with van der Waals surface area (Å²) in [6.07, 6.45) is -8.90. The third-order valence-electron chi connectivity index (χ3n) is 6.11. The molecule has 0 spiro atoms. The second-order valence-electron chi connectivity index (χ2n) is 7.94. The second kappa shape index (κ2) is 8.90. The van der Waals surface area contributed by atoms with Crippen LogP contribution >= 0.6 is 0 Å². The molecule has 35 heavy (non-hydrogen) atoms. The average Bonchev–Trinajstić information content (AvgIpc) is 3.05. The van der Waals surface area contributed by atoms with Gasteiger partial charge in [-0.2, -0.15) is 26.3 Å². The van der Waals surface area contributed by atoms with E-state index >= 15 is 0 Å². The average molecular weight is 498 g/mol. The Kier molecular flexibility index (Phi) is 6.63. The van der Waals surface area contributed by atoms with Crippen LogP contribution in [0.25, 0.3) is 11.1 Å². The van der Waals surface area contributed by atoms with Crippen molar-refractivity contribution in [3.63, 3.8) is 0 Å². The number of rotatable bonds is 6. The Morgan fingerprint density at radius 1 is 0.743 bits per heavy atom. The molecule has 1 aliphatic rings. The van der Waals surface area contributed by atoms with Gasteiger partial charge in [0.1, 0.15) is 22.6 Å². The molecule has 0 fully saturated rings. The maximum absolute atomic E-state index is 12.8. The van der Waals surface area contributed by atoms with Crippen molar-refractivity contribution < 1.29 is 45.4 Å². The van der Waals surface area contributed by atoms with Crippen molar-refractivity contribution in [2.75, 3.05) is 0 Å². The quantitative estimate of drug-likeness (QED) is 0.190. The Labute approximate surface area is 196 Å². The van der Waals surface area contributed by atoms with Crippen molar-refractivity contribution in [3.05, 3.63) is 71.8 Å². The number of carbonyl (C=O) groups excluding carboxylic acids is 2. The van der Waals surface area contributed by atoms with Crippen LogP contribution in [0.2, 0.25) is 0 Å². The molecule has 0 heterocycles. The molecule has 0 amide bonds. The predicted molar refractivity (Wildman–Crippen MR) is 115 cm³/mol. The van der Waals surface area contributed by atoms with Crippen molar-refractivity contribution in [3.8, 4) is 22.6 Å². The zero-order chi connectivity index (χ0) is 26.3. The Morgan fingerprint density at radius 3 is 1.37 bits per heavy atom. The van der Waals surface area contributed by atoms with Crippen LogP contribution in [0.15, 0.2) is 60.7 Å². The van der Waals surface area contributed by atoms with Crippen molar-refractivity contribution in [2.24, 2.45) is 0 Å². The minimum absolute atomic E-state index is 0.119. The normalized spacial score (nSPS) is 14.1. The van der Waals surface area contributed by atoms with Gasteiger partial charge in [-0.1, -0.05) is 39.1 Å². The zero-order valence-electron chi connectivity index (χ0n) is 18.7. The molecule has 4 nitrogen and oxygen atoms in total. The number of hydrogen-bond donors (Lipinski definition) is 0. The molecular weight excluding hydrogens is 478 g/mol. The lowest BCUT2D eigenvalue weighted by atomic mass is 9.74. The first-order valence-corrected chi connectivity index (χ1v) is 10.4. The first-order valence-electron chi connectivity index (χ1n) is 10.4. The highest BCUT2D eigenvalue weighted by molar-refractivity contribution is 5.92. The molecule has 0 bridgehead atoms. The fraction of sp³-hybridized carbons (Fsp3) is 0.280. The summed E-state index contributed by atoms with van der Waals surface area (Å²) in [5.41, 5.74) is -1.30. The number of ether oxygens (including phenoxy) is 2. The number of carbonyl (C=O) groups is 2. The van der Waals surface area contributed by atoms with Crippen LogP contribution in [-0.2, 0) is 15.0 Å². The lowest BCUT2D eigenvalue weighted by Crippen LogP contribution is -2.25. The fourth-order valence-corrected chi connectivity index (χ4v) is 4.16. The number of fused-ring (bicyclic) bond motifs is 3. The highest BCUT2D eigenvalue weighted by atomic mass is 19.4. The van der Waals surface area contributed by atoms with E-state index in [4.69, 9.17) is 9.47 Å². The molecule has 10 heteroatoms. The number of halogens is 6. The summed E-state index contributed by atoms with van der Waals surface area (Å²) < 4.78 is 86.4. The van der Waals surface area contributed by atoms with Gasteiger partial charge < -0.3 is 9.47 Å². The highest BCUT2D eigenvalue weighted by Crippen LogP contribution is 2.54. The van der Waals surface area contributed by atoms with Gasteiger partial charge in [-0.3, -0.25) is 0 Å². The van der Waals surface area contributed by atoms with E-state index in [-0.39, 0.29) is 11.5 Å². The van der Waals surface area contributed by atoms with Crippen LogP contribution < -0.4 is 9.47 Å². The molecule has 0 saturated carbocycles. The lowest BCUT2D eigenvalue weighted by Gasteiger charge is -2.30. The van der Waals surface area contributed by atoms with Crippen LogP contribution in [-0.4, -0.2) is 24.3 Å². The molecule has 186 valence electrons.